The molecule has 3 N–H and O–H groups in total. The normalized spacial score (nSPS) is 23.9. The number of fused-ring (bicyclic) bond motifs is 2. The molecule has 0 bridgehead atoms. The quantitative estimate of drug-likeness (QED) is 0.493. The van der Waals surface area contributed by atoms with Gasteiger partial charge in [0.25, 0.3) is 0 Å². The zero-order valence-corrected chi connectivity index (χ0v) is 24.3. The first kappa shape index (κ1) is 29.4. The molecule has 2 aliphatic heterocycles. The van der Waals surface area contributed by atoms with Crippen LogP contribution in [0.4, 0.5) is 10.5 Å². The Balaban J connectivity index is 1.58. The fraction of sp³-hybridized carbons (Fsp3) is 0.633. The third kappa shape index (κ3) is 5.93. The molecule has 0 radical (unpaired) electrons. The first-order valence-electron chi connectivity index (χ1n) is 14.1. The van der Waals surface area contributed by atoms with Crippen molar-refractivity contribution in [1.82, 2.24) is 15.5 Å². The summed E-state index contributed by atoms with van der Waals surface area (Å²) in [6.45, 7) is 10.7. The predicted molar refractivity (Wildman–Crippen MR) is 149 cm³/mol. The molecular formula is C30H41N5O5. The van der Waals surface area contributed by atoms with E-state index >= 15 is 0 Å². The molecule has 1 saturated carbocycles. The first-order chi connectivity index (χ1) is 18.6. The van der Waals surface area contributed by atoms with Gasteiger partial charge in [0.1, 0.15) is 23.7 Å². The van der Waals surface area contributed by atoms with Crippen LogP contribution in [-0.4, -0.2) is 59.0 Å². The Kier molecular flexibility index (Phi) is 7.90. The van der Waals surface area contributed by atoms with Crippen molar-refractivity contribution in [3.05, 3.63) is 29.8 Å². The Morgan fingerprint density at radius 3 is 2.40 bits per heavy atom. The van der Waals surface area contributed by atoms with Gasteiger partial charge < -0.3 is 25.6 Å². The second kappa shape index (κ2) is 10.8. The highest BCUT2D eigenvalue weighted by atomic mass is 16.6. The third-order valence-corrected chi connectivity index (χ3v) is 8.11. The van der Waals surface area contributed by atoms with Gasteiger partial charge in [0.05, 0.1) is 11.5 Å². The molecule has 2 heterocycles. The van der Waals surface area contributed by atoms with Crippen molar-refractivity contribution in [2.24, 2.45) is 11.3 Å². The SMILES string of the molecule is CC(C)(C)OC(=O)N[C@H](C(=O)N[C@@H](CC1CCC1)C(=O)N1C[C@]2(C[C@H]1C#N)C(=O)Nc1ccccc12)C(C)(C)C. The van der Waals surface area contributed by atoms with E-state index in [0.717, 1.165) is 24.8 Å². The van der Waals surface area contributed by atoms with Gasteiger partial charge in [0.2, 0.25) is 17.7 Å². The molecule has 10 nitrogen and oxygen atoms in total. The van der Waals surface area contributed by atoms with Gasteiger partial charge >= 0.3 is 6.09 Å². The van der Waals surface area contributed by atoms with Gasteiger partial charge in [-0.3, -0.25) is 14.4 Å². The molecule has 2 fully saturated rings. The number of para-hydroxylation sites is 1. The monoisotopic (exact) mass is 551 g/mol. The Hall–Kier alpha value is -3.61. The fourth-order valence-electron chi connectivity index (χ4n) is 5.83. The van der Waals surface area contributed by atoms with E-state index in [-0.39, 0.29) is 30.7 Å². The van der Waals surface area contributed by atoms with Crippen LogP contribution in [0.5, 0.6) is 0 Å². The molecule has 4 rings (SSSR count). The molecule has 1 aromatic carbocycles. The summed E-state index contributed by atoms with van der Waals surface area (Å²) in [5, 5.41) is 18.5. The van der Waals surface area contributed by atoms with E-state index in [2.05, 4.69) is 22.0 Å². The van der Waals surface area contributed by atoms with Crippen LogP contribution in [0.25, 0.3) is 0 Å². The summed E-state index contributed by atoms with van der Waals surface area (Å²) in [6, 6.07) is 6.89. The Morgan fingerprint density at radius 2 is 1.82 bits per heavy atom. The summed E-state index contributed by atoms with van der Waals surface area (Å²) in [4.78, 5) is 54.9. The van der Waals surface area contributed by atoms with Crippen molar-refractivity contribution in [2.45, 2.75) is 103 Å². The highest BCUT2D eigenvalue weighted by molar-refractivity contribution is 6.07. The van der Waals surface area contributed by atoms with E-state index < -0.39 is 46.6 Å². The number of anilines is 1. The Morgan fingerprint density at radius 1 is 1.15 bits per heavy atom. The lowest BCUT2D eigenvalue weighted by Crippen LogP contribution is -2.59. The standard InChI is InChI=1S/C30H41N5O5/c1-28(2,3)23(34-27(39)40-29(4,5)6)24(36)32-22(14-18-10-9-11-18)25(37)35-17-30(15-19(35)16-31)20-12-7-8-13-21(20)33-26(30)38/h7-8,12-13,18-19,22-23H,9-11,14-15,17H2,1-6H3,(H,32,36)(H,33,38)(H,34,39)/t19-,22-,23+,30-/m0/s1. The summed E-state index contributed by atoms with van der Waals surface area (Å²) >= 11 is 0. The topological polar surface area (TPSA) is 141 Å². The molecule has 10 heteroatoms. The van der Waals surface area contributed by atoms with Crippen LogP contribution >= 0.6 is 0 Å². The maximum absolute atomic E-state index is 14.1. The maximum Gasteiger partial charge on any atom is 0.408 e. The van der Waals surface area contributed by atoms with Crippen LogP contribution in [-0.2, 0) is 24.5 Å². The van der Waals surface area contributed by atoms with Crippen molar-refractivity contribution in [1.29, 1.82) is 5.26 Å². The van der Waals surface area contributed by atoms with Gasteiger partial charge in [-0.25, -0.2) is 4.79 Å². The van der Waals surface area contributed by atoms with Crippen LogP contribution in [0.3, 0.4) is 0 Å². The van der Waals surface area contributed by atoms with Gasteiger partial charge in [-0.2, -0.15) is 5.26 Å². The molecule has 1 aromatic rings. The van der Waals surface area contributed by atoms with Crippen LogP contribution in [0.2, 0.25) is 0 Å². The molecule has 40 heavy (non-hydrogen) atoms. The largest absolute Gasteiger partial charge is 0.444 e. The first-order valence-corrected chi connectivity index (χ1v) is 14.1. The summed E-state index contributed by atoms with van der Waals surface area (Å²) in [5.41, 5.74) is -0.953. The van der Waals surface area contributed by atoms with E-state index in [1.54, 1.807) is 20.8 Å². The van der Waals surface area contributed by atoms with E-state index in [9.17, 15) is 24.4 Å². The molecule has 1 saturated heterocycles. The predicted octanol–water partition coefficient (Wildman–Crippen LogP) is 3.62. The van der Waals surface area contributed by atoms with Crippen LogP contribution in [0, 0.1) is 22.7 Å². The second-order valence-electron chi connectivity index (χ2n) is 13.4. The van der Waals surface area contributed by atoms with Gasteiger partial charge in [0, 0.05) is 18.7 Å². The number of nitrogens with zero attached hydrogens (tertiary/aromatic N) is 2. The molecular weight excluding hydrogens is 510 g/mol. The molecule has 4 amide bonds. The minimum absolute atomic E-state index is 0.0583. The number of carbonyl (C=O) groups is 4. The Bertz CT molecular complexity index is 1220. The van der Waals surface area contributed by atoms with Crippen LogP contribution < -0.4 is 16.0 Å². The number of likely N-dealkylation sites (tertiary alicyclic amines) is 1. The van der Waals surface area contributed by atoms with Crippen molar-refractivity contribution >= 4 is 29.5 Å². The number of carbonyl (C=O) groups excluding carboxylic acids is 4. The minimum atomic E-state index is -1.01. The lowest BCUT2D eigenvalue weighted by atomic mass is 9.79. The molecule has 1 spiro atoms. The molecule has 216 valence electrons. The summed E-state index contributed by atoms with van der Waals surface area (Å²) in [5.74, 6) is -0.833. The van der Waals surface area contributed by atoms with E-state index in [1.165, 1.54) is 4.90 Å². The minimum Gasteiger partial charge on any atom is -0.444 e. The molecule has 3 aliphatic rings. The number of nitrogens with one attached hydrogen (secondary N) is 3. The second-order valence-corrected chi connectivity index (χ2v) is 13.4. The van der Waals surface area contributed by atoms with Gasteiger partial charge in [-0.05, 0) is 50.2 Å². The summed E-state index contributed by atoms with van der Waals surface area (Å²) in [6.07, 6.45) is 2.88. The summed E-state index contributed by atoms with van der Waals surface area (Å²) < 4.78 is 5.38. The zero-order chi connectivity index (χ0) is 29.5. The molecule has 1 aliphatic carbocycles. The molecule has 4 atom stereocenters. The molecule has 0 aromatic heterocycles. The maximum atomic E-state index is 14.1. The average Bonchev–Trinajstić information content (AvgIpc) is 3.35. The number of ether oxygens (including phenoxy) is 1. The third-order valence-electron chi connectivity index (χ3n) is 8.11. The Labute approximate surface area is 236 Å². The van der Waals surface area contributed by atoms with Crippen molar-refractivity contribution in [2.75, 3.05) is 11.9 Å². The molecule has 0 unspecified atom stereocenters. The summed E-state index contributed by atoms with van der Waals surface area (Å²) in [7, 11) is 0. The number of amides is 4. The fourth-order valence-corrected chi connectivity index (χ4v) is 5.83. The number of hydrogen-bond acceptors (Lipinski definition) is 6. The number of rotatable bonds is 6. The number of benzene rings is 1. The lowest BCUT2D eigenvalue weighted by Gasteiger charge is -2.35. The highest BCUT2D eigenvalue weighted by Crippen LogP contribution is 2.46. The van der Waals surface area contributed by atoms with Crippen molar-refractivity contribution in [3.8, 4) is 6.07 Å². The van der Waals surface area contributed by atoms with Crippen molar-refractivity contribution < 1.29 is 23.9 Å². The van der Waals surface area contributed by atoms with E-state index in [1.807, 2.05) is 45.0 Å². The number of hydrogen-bond donors (Lipinski definition) is 3. The van der Waals surface area contributed by atoms with Crippen LogP contribution in [0.1, 0.15) is 79.2 Å². The smallest absolute Gasteiger partial charge is 0.408 e. The van der Waals surface area contributed by atoms with E-state index in [0.29, 0.717) is 12.1 Å². The zero-order valence-electron chi connectivity index (χ0n) is 24.3. The lowest BCUT2D eigenvalue weighted by molar-refractivity contribution is -0.138. The van der Waals surface area contributed by atoms with E-state index in [4.69, 9.17) is 4.74 Å². The number of alkyl carbamates (subject to hydrolysis) is 1. The van der Waals surface area contributed by atoms with Gasteiger partial charge in [-0.15, -0.1) is 0 Å². The highest BCUT2D eigenvalue weighted by Gasteiger charge is 2.56. The van der Waals surface area contributed by atoms with Crippen molar-refractivity contribution in [3.63, 3.8) is 0 Å². The van der Waals surface area contributed by atoms with Gasteiger partial charge in [-0.1, -0.05) is 58.2 Å². The van der Waals surface area contributed by atoms with Gasteiger partial charge in [0.15, 0.2) is 0 Å². The average molecular weight is 552 g/mol. The van der Waals surface area contributed by atoms with Crippen LogP contribution in [0.15, 0.2) is 24.3 Å². The number of nitriles is 1.